The number of amidine groups is 1. The molecule has 0 saturated carbocycles. The number of para-hydroxylation sites is 3. The number of benzene rings is 2. The molecule has 0 aromatic heterocycles. The highest BCUT2D eigenvalue weighted by molar-refractivity contribution is 6.03. The van der Waals surface area contributed by atoms with Gasteiger partial charge in [-0.3, -0.25) is 0 Å². The van der Waals surface area contributed by atoms with E-state index in [9.17, 15) is 0 Å². The summed E-state index contributed by atoms with van der Waals surface area (Å²) >= 11 is 0. The zero-order valence-corrected chi connectivity index (χ0v) is 10.1. The molecule has 92 valence electrons. The van der Waals surface area contributed by atoms with E-state index in [0.29, 0.717) is 23.0 Å². The van der Waals surface area contributed by atoms with Crippen LogP contribution in [0.5, 0.6) is 5.75 Å². The zero-order valence-electron chi connectivity index (χ0n) is 10.1. The second kappa shape index (κ2) is 5.23. The number of rotatable bonds is 3. The molecule has 0 bridgehead atoms. The van der Waals surface area contributed by atoms with Gasteiger partial charge in [0.2, 0.25) is 0 Å². The largest absolute Gasteiger partial charge is 0.494 e. The Bertz CT molecular complexity index is 579. The van der Waals surface area contributed by atoms with Crippen molar-refractivity contribution in [1.82, 2.24) is 0 Å². The lowest BCUT2D eigenvalue weighted by Crippen LogP contribution is -2.14. The van der Waals surface area contributed by atoms with Crippen LogP contribution in [0.15, 0.2) is 53.5 Å². The summed E-state index contributed by atoms with van der Waals surface area (Å²) in [6.45, 7) is 0. The topological polar surface area (TPSA) is 73.6 Å². The summed E-state index contributed by atoms with van der Waals surface area (Å²) in [5, 5.41) is 0. The molecule has 0 atom stereocenters. The maximum absolute atomic E-state index is 5.97. The molecule has 0 amide bonds. The van der Waals surface area contributed by atoms with Gasteiger partial charge >= 0.3 is 0 Å². The smallest absolute Gasteiger partial charge is 0.144 e. The molecular weight excluding hydrogens is 226 g/mol. The van der Waals surface area contributed by atoms with Crippen molar-refractivity contribution in [2.75, 3.05) is 12.8 Å². The summed E-state index contributed by atoms with van der Waals surface area (Å²) in [4.78, 5) is 4.35. The van der Waals surface area contributed by atoms with Gasteiger partial charge in [-0.05, 0) is 24.3 Å². The molecule has 2 rings (SSSR count). The lowest BCUT2D eigenvalue weighted by atomic mass is 10.1. The highest BCUT2D eigenvalue weighted by Crippen LogP contribution is 2.27. The summed E-state index contributed by atoms with van der Waals surface area (Å²) in [5.41, 5.74) is 13.8. The molecular formula is C14H15N3O. The van der Waals surface area contributed by atoms with E-state index < -0.39 is 0 Å². The van der Waals surface area contributed by atoms with Crippen LogP contribution >= 0.6 is 0 Å². The Morgan fingerprint density at radius 3 is 2.44 bits per heavy atom. The minimum absolute atomic E-state index is 0.373. The van der Waals surface area contributed by atoms with Crippen molar-refractivity contribution in [2.24, 2.45) is 10.7 Å². The predicted molar refractivity (Wildman–Crippen MR) is 74.2 cm³/mol. The summed E-state index contributed by atoms with van der Waals surface area (Å²) < 4.78 is 5.22. The Kier molecular flexibility index (Phi) is 3.48. The van der Waals surface area contributed by atoms with Crippen molar-refractivity contribution >= 4 is 17.2 Å². The molecule has 0 aliphatic carbocycles. The summed E-state index contributed by atoms with van der Waals surface area (Å²) in [5.74, 6) is 1.05. The lowest BCUT2D eigenvalue weighted by molar-refractivity contribution is 0.416. The Labute approximate surface area is 106 Å². The first-order chi connectivity index (χ1) is 8.72. The fourth-order valence-corrected chi connectivity index (χ4v) is 1.64. The number of hydrogen-bond donors (Lipinski definition) is 2. The summed E-state index contributed by atoms with van der Waals surface area (Å²) in [7, 11) is 1.60. The molecule has 0 saturated heterocycles. The lowest BCUT2D eigenvalue weighted by Gasteiger charge is -2.07. The Balaban J connectivity index is 2.42. The van der Waals surface area contributed by atoms with Crippen LogP contribution in [0.4, 0.5) is 11.4 Å². The number of nitrogen functional groups attached to an aromatic ring is 1. The number of anilines is 1. The van der Waals surface area contributed by atoms with E-state index in [-0.39, 0.29) is 0 Å². The fraction of sp³-hybridized carbons (Fsp3) is 0.0714. The van der Waals surface area contributed by atoms with E-state index in [1.165, 1.54) is 0 Å². The molecule has 4 N–H and O–H groups in total. The normalized spacial score (nSPS) is 11.3. The molecule has 0 aliphatic heterocycles. The van der Waals surface area contributed by atoms with Crippen LogP contribution in [0, 0.1) is 0 Å². The van der Waals surface area contributed by atoms with Crippen molar-refractivity contribution < 1.29 is 4.74 Å². The number of ether oxygens (including phenoxy) is 1. The van der Waals surface area contributed by atoms with Crippen molar-refractivity contribution in [3.05, 3.63) is 54.1 Å². The van der Waals surface area contributed by atoms with E-state index in [1.807, 2.05) is 42.5 Å². The zero-order chi connectivity index (χ0) is 13.0. The second-order valence-corrected chi connectivity index (χ2v) is 3.76. The van der Waals surface area contributed by atoms with Crippen LogP contribution in [0.2, 0.25) is 0 Å². The van der Waals surface area contributed by atoms with Gasteiger partial charge in [-0.15, -0.1) is 0 Å². The average Bonchev–Trinajstić information content (AvgIpc) is 2.39. The molecule has 0 aliphatic rings. The average molecular weight is 241 g/mol. The van der Waals surface area contributed by atoms with Crippen molar-refractivity contribution in [3.8, 4) is 5.75 Å². The van der Waals surface area contributed by atoms with Crippen molar-refractivity contribution in [3.63, 3.8) is 0 Å². The number of methoxy groups -OCH3 is 1. The Hall–Kier alpha value is -2.49. The standard InChI is InChI=1S/C14H15N3O/c1-18-13-9-5-4-8-12(13)17-14(16)10-6-2-3-7-11(10)15/h2-9H,15H2,1H3,(H2,16,17). The SMILES string of the molecule is COc1ccccc1N=C(N)c1ccccc1N. The van der Waals surface area contributed by atoms with Crippen molar-refractivity contribution in [2.45, 2.75) is 0 Å². The Morgan fingerprint density at radius 2 is 1.72 bits per heavy atom. The third-order valence-corrected chi connectivity index (χ3v) is 2.56. The molecule has 4 heteroatoms. The Morgan fingerprint density at radius 1 is 1.06 bits per heavy atom. The van der Waals surface area contributed by atoms with Crippen LogP contribution in [-0.4, -0.2) is 12.9 Å². The molecule has 2 aromatic rings. The van der Waals surface area contributed by atoms with Gasteiger partial charge in [0, 0.05) is 11.3 Å². The van der Waals surface area contributed by atoms with Crippen LogP contribution in [0.25, 0.3) is 0 Å². The van der Waals surface area contributed by atoms with Crippen molar-refractivity contribution in [1.29, 1.82) is 0 Å². The molecule has 0 fully saturated rings. The molecule has 0 unspecified atom stereocenters. The molecule has 4 nitrogen and oxygen atoms in total. The first-order valence-corrected chi connectivity index (χ1v) is 5.54. The van der Waals surface area contributed by atoms with E-state index in [2.05, 4.69) is 4.99 Å². The van der Waals surface area contributed by atoms with E-state index >= 15 is 0 Å². The quantitative estimate of drug-likeness (QED) is 0.492. The van der Waals surface area contributed by atoms with Gasteiger partial charge in [-0.1, -0.05) is 24.3 Å². The summed E-state index contributed by atoms with van der Waals surface area (Å²) in [6, 6.07) is 14.8. The maximum atomic E-state index is 5.97. The highest BCUT2D eigenvalue weighted by Gasteiger charge is 2.05. The van der Waals surface area contributed by atoms with Crippen LogP contribution in [0.1, 0.15) is 5.56 Å². The highest BCUT2D eigenvalue weighted by atomic mass is 16.5. The number of hydrogen-bond acceptors (Lipinski definition) is 3. The van der Waals surface area contributed by atoms with Crippen LogP contribution < -0.4 is 16.2 Å². The van der Waals surface area contributed by atoms with E-state index in [1.54, 1.807) is 13.2 Å². The maximum Gasteiger partial charge on any atom is 0.144 e. The predicted octanol–water partition coefficient (Wildman–Crippen LogP) is 2.31. The van der Waals surface area contributed by atoms with Gasteiger partial charge in [0.05, 0.1) is 7.11 Å². The third-order valence-electron chi connectivity index (χ3n) is 2.56. The minimum Gasteiger partial charge on any atom is -0.494 e. The molecule has 0 spiro atoms. The number of nitrogens with two attached hydrogens (primary N) is 2. The second-order valence-electron chi connectivity index (χ2n) is 3.76. The van der Waals surface area contributed by atoms with E-state index in [4.69, 9.17) is 16.2 Å². The first kappa shape index (κ1) is 12.0. The number of nitrogens with zero attached hydrogens (tertiary/aromatic N) is 1. The van der Waals surface area contributed by atoms with Gasteiger partial charge in [-0.25, -0.2) is 4.99 Å². The molecule has 0 radical (unpaired) electrons. The molecule has 2 aromatic carbocycles. The third kappa shape index (κ3) is 2.43. The van der Waals surface area contributed by atoms with Gasteiger partial charge < -0.3 is 16.2 Å². The molecule has 0 heterocycles. The van der Waals surface area contributed by atoms with Crippen LogP contribution in [-0.2, 0) is 0 Å². The van der Waals surface area contributed by atoms with E-state index in [0.717, 1.165) is 5.56 Å². The van der Waals surface area contributed by atoms with Crippen LogP contribution in [0.3, 0.4) is 0 Å². The van der Waals surface area contributed by atoms with Gasteiger partial charge in [0.25, 0.3) is 0 Å². The van der Waals surface area contributed by atoms with Gasteiger partial charge in [0.15, 0.2) is 0 Å². The molecule has 18 heavy (non-hydrogen) atoms. The fourth-order valence-electron chi connectivity index (χ4n) is 1.64. The number of aliphatic imine (C=N–C) groups is 1. The minimum atomic E-state index is 0.373. The summed E-state index contributed by atoms with van der Waals surface area (Å²) in [6.07, 6.45) is 0. The first-order valence-electron chi connectivity index (χ1n) is 5.54. The van der Waals surface area contributed by atoms with Gasteiger partial charge in [-0.2, -0.15) is 0 Å². The monoisotopic (exact) mass is 241 g/mol. The van der Waals surface area contributed by atoms with Gasteiger partial charge in [0.1, 0.15) is 17.3 Å².